The number of rotatable bonds is 7. The Bertz CT molecular complexity index is 261. The van der Waals surface area contributed by atoms with Crippen molar-refractivity contribution in [3.8, 4) is 0 Å². The summed E-state index contributed by atoms with van der Waals surface area (Å²) in [7, 11) is 1.41. The number of likely N-dealkylation sites (tertiary alicyclic amines) is 1. The minimum Gasteiger partial charge on any atom is -0.398 e. The fourth-order valence-corrected chi connectivity index (χ4v) is 3.63. The molecule has 0 radical (unpaired) electrons. The first-order valence-corrected chi connectivity index (χ1v) is 9.04. The van der Waals surface area contributed by atoms with Crippen molar-refractivity contribution in [2.75, 3.05) is 33.2 Å². The summed E-state index contributed by atoms with van der Waals surface area (Å²) in [5.74, 6) is 1.14. The van der Waals surface area contributed by atoms with E-state index < -0.39 is 8.56 Å². The predicted molar refractivity (Wildman–Crippen MR) is 70.5 cm³/mol. The third kappa shape index (κ3) is 4.24. The molecular weight excluding hydrogens is 258 g/mol. The third-order valence-electron chi connectivity index (χ3n) is 3.44. The molecule has 1 saturated heterocycles. The van der Waals surface area contributed by atoms with Crippen LogP contribution in [0.15, 0.2) is 0 Å². The molecule has 1 unspecified atom stereocenters. The number of carbonyl (C=O) groups excluding carboxylic acids is 1. The Balaban J connectivity index is 2.30. The van der Waals surface area contributed by atoms with Gasteiger partial charge in [-0.1, -0.05) is 0 Å². The van der Waals surface area contributed by atoms with Gasteiger partial charge in [-0.05, 0) is 24.9 Å². The van der Waals surface area contributed by atoms with Crippen molar-refractivity contribution in [1.82, 2.24) is 4.90 Å². The minimum absolute atomic E-state index is 0.230. The summed E-state index contributed by atoms with van der Waals surface area (Å²) >= 11 is 5.78. The monoisotopic (exact) mass is 279 g/mol. The van der Waals surface area contributed by atoms with Crippen LogP contribution in [0.2, 0.25) is 12.6 Å². The standard InChI is InChI=1S/C11H22ClNO3Si/c1-15-17(3,16-2)6-4-5-13-9-10(8-12)7-11(13)14/h10H,4-9H2,1-3H3. The van der Waals surface area contributed by atoms with Gasteiger partial charge in [0.1, 0.15) is 0 Å². The average Bonchev–Trinajstić information content (AvgIpc) is 2.70. The zero-order valence-electron chi connectivity index (χ0n) is 10.9. The lowest BCUT2D eigenvalue weighted by molar-refractivity contribution is -0.127. The van der Waals surface area contributed by atoms with Gasteiger partial charge in [-0.15, -0.1) is 11.6 Å². The fraction of sp³-hybridized carbons (Fsp3) is 0.909. The van der Waals surface area contributed by atoms with Crippen LogP contribution in [0.3, 0.4) is 0 Å². The molecule has 0 spiro atoms. The molecule has 0 aromatic rings. The molecule has 6 heteroatoms. The SMILES string of the molecule is CO[Si](C)(CCCN1CC(CCl)CC1=O)OC. The van der Waals surface area contributed by atoms with Crippen LogP contribution < -0.4 is 0 Å². The Morgan fingerprint density at radius 3 is 2.59 bits per heavy atom. The number of hydrogen-bond acceptors (Lipinski definition) is 3. The Morgan fingerprint density at radius 2 is 2.12 bits per heavy atom. The topological polar surface area (TPSA) is 38.8 Å². The van der Waals surface area contributed by atoms with Crippen LogP contribution in [0.25, 0.3) is 0 Å². The van der Waals surface area contributed by atoms with Crippen molar-refractivity contribution >= 4 is 26.1 Å². The second-order valence-electron chi connectivity index (χ2n) is 4.71. The first kappa shape index (κ1) is 15.0. The van der Waals surface area contributed by atoms with Gasteiger partial charge in [0.2, 0.25) is 5.91 Å². The largest absolute Gasteiger partial charge is 0.398 e. The van der Waals surface area contributed by atoms with Crippen molar-refractivity contribution < 1.29 is 13.6 Å². The van der Waals surface area contributed by atoms with Gasteiger partial charge in [0.05, 0.1) is 0 Å². The molecule has 1 amide bonds. The normalized spacial score (nSPS) is 21.3. The van der Waals surface area contributed by atoms with Crippen molar-refractivity contribution in [1.29, 1.82) is 0 Å². The first-order valence-electron chi connectivity index (χ1n) is 5.98. The number of alkyl halides is 1. The van der Waals surface area contributed by atoms with Gasteiger partial charge in [-0.3, -0.25) is 4.79 Å². The van der Waals surface area contributed by atoms with E-state index in [1.54, 1.807) is 14.2 Å². The number of amides is 1. The molecule has 4 nitrogen and oxygen atoms in total. The van der Waals surface area contributed by atoms with Crippen LogP contribution in [0.5, 0.6) is 0 Å². The highest BCUT2D eigenvalue weighted by Crippen LogP contribution is 2.21. The van der Waals surface area contributed by atoms with E-state index in [0.29, 0.717) is 18.2 Å². The van der Waals surface area contributed by atoms with Crippen LogP contribution >= 0.6 is 11.6 Å². The van der Waals surface area contributed by atoms with E-state index in [1.807, 2.05) is 11.4 Å². The van der Waals surface area contributed by atoms with Gasteiger partial charge in [-0.25, -0.2) is 0 Å². The quantitative estimate of drug-likeness (QED) is 0.527. The molecule has 1 aliphatic heterocycles. The van der Waals surface area contributed by atoms with E-state index in [-0.39, 0.29) is 5.91 Å². The predicted octanol–water partition coefficient (Wildman–Crippen LogP) is 1.83. The Morgan fingerprint density at radius 1 is 1.47 bits per heavy atom. The average molecular weight is 280 g/mol. The van der Waals surface area contributed by atoms with Crippen LogP contribution in [0.1, 0.15) is 12.8 Å². The van der Waals surface area contributed by atoms with Crippen molar-refractivity contribution in [2.45, 2.75) is 25.4 Å². The summed E-state index contributed by atoms with van der Waals surface area (Å²) in [5.41, 5.74) is 0. The van der Waals surface area contributed by atoms with Crippen LogP contribution in [-0.4, -0.2) is 52.6 Å². The highest BCUT2D eigenvalue weighted by molar-refractivity contribution is 6.65. The summed E-state index contributed by atoms with van der Waals surface area (Å²) < 4.78 is 10.8. The number of nitrogens with zero attached hydrogens (tertiary/aromatic N) is 1. The molecule has 1 fully saturated rings. The highest BCUT2D eigenvalue weighted by Gasteiger charge is 2.31. The van der Waals surface area contributed by atoms with Gasteiger partial charge in [0, 0.05) is 39.6 Å². The molecule has 0 bridgehead atoms. The van der Waals surface area contributed by atoms with Gasteiger partial charge < -0.3 is 13.8 Å². The van der Waals surface area contributed by atoms with Crippen LogP contribution in [0.4, 0.5) is 0 Å². The highest BCUT2D eigenvalue weighted by atomic mass is 35.5. The molecule has 0 aromatic heterocycles. The lowest BCUT2D eigenvalue weighted by atomic mass is 10.1. The molecular formula is C11H22ClNO3Si. The summed E-state index contributed by atoms with van der Waals surface area (Å²) in [6.45, 7) is 3.64. The molecule has 100 valence electrons. The number of hydrogen-bond donors (Lipinski definition) is 0. The van der Waals surface area contributed by atoms with E-state index >= 15 is 0 Å². The lowest BCUT2D eigenvalue weighted by Crippen LogP contribution is -2.37. The molecule has 1 aliphatic rings. The van der Waals surface area contributed by atoms with Gasteiger partial charge in [0.15, 0.2) is 0 Å². The lowest BCUT2D eigenvalue weighted by Gasteiger charge is -2.24. The van der Waals surface area contributed by atoms with Crippen LogP contribution in [-0.2, 0) is 13.6 Å². The Kier molecular flexibility index (Phi) is 5.92. The molecule has 1 atom stereocenters. The molecule has 1 heterocycles. The van der Waals surface area contributed by atoms with Crippen molar-refractivity contribution in [3.05, 3.63) is 0 Å². The van der Waals surface area contributed by atoms with E-state index in [0.717, 1.165) is 25.6 Å². The zero-order valence-corrected chi connectivity index (χ0v) is 12.6. The maximum absolute atomic E-state index is 11.7. The molecule has 0 saturated carbocycles. The second kappa shape index (κ2) is 6.73. The van der Waals surface area contributed by atoms with Gasteiger partial charge >= 0.3 is 8.56 Å². The minimum atomic E-state index is -1.98. The maximum Gasteiger partial charge on any atom is 0.334 e. The van der Waals surface area contributed by atoms with Crippen molar-refractivity contribution in [3.63, 3.8) is 0 Å². The van der Waals surface area contributed by atoms with E-state index in [4.69, 9.17) is 20.5 Å². The van der Waals surface area contributed by atoms with Crippen LogP contribution in [0, 0.1) is 5.92 Å². The maximum atomic E-state index is 11.7. The Labute approximate surface area is 109 Å². The molecule has 1 rings (SSSR count). The summed E-state index contributed by atoms with van der Waals surface area (Å²) in [6, 6.07) is 0.912. The second-order valence-corrected chi connectivity index (χ2v) is 8.60. The molecule has 0 N–H and O–H groups in total. The molecule has 17 heavy (non-hydrogen) atoms. The van der Waals surface area contributed by atoms with Gasteiger partial charge in [0.25, 0.3) is 0 Å². The fourth-order valence-electron chi connectivity index (χ4n) is 2.05. The molecule has 0 aliphatic carbocycles. The number of halogens is 1. The number of carbonyl (C=O) groups is 1. The van der Waals surface area contributed by atoms with Gasteiger partial charge in [-0.2, -0.15) is 0 Å². The van der Waals surface area contributed by atoms with E-state index in [9.17, 15) is 4.79 Å². The van der Waals surface area contributed by atoms with E-state index in [2.05, 4.69) is 0 Å². The summed E-state index contributed by atoms with van der Waals surface area (Å²) in [4.78, 5) is 13.6. The molecule has 0 aromatic carbocycles. The summed E-state index contributed by atoms with van der Waals surface area (Å²) in [5, 5.41) is 0. The third-order valence-corrected chi connectivity index (χ3v) is 6.86. The smallest absolute Gasteiger partial charge is 0.334 e. The van der Waals surface area contributed by atoms with E-state index in [1.165, 1.54) is 0 Å². The summed E-state index contributed by atoms with van der Waals surface area (Å²) in [6.07, 6.45) is 1.54. The van der Waals surface area contributed by atoms with Crippen molar-refractivity contribution in [2.24, 2.45) is 5.92 Å². The Hall–Kier alpha value is -0.103. The first-order chi connectivity index (χ1) is 8.04. The zero-order chi connectivity index (χ0) is 12.9.